The fraction of sp³-hybridized carbons (Fsp3) is 0.636. The Morgan fingerprint density at radius 3 is 2.07 bits per heavy atom. The number of likely N-dealkylation sites (N-methyl/N-ethyl adjacent to an activating group) is 1. The molecule has 5 nitrogen and oxygen atoms in total. The normalized spacial score (nSPS) is 23.9. The maximum absolute atomic E-state index is 12.8. The molecule has 1 heterocycles. The van der Waals surface area contributed by atoms with Gasteiger partial charge in [0.2, 0.25) is 11.8 Å². The summed E-state index contributed by atoms with van der Waals surface area (Å²) in [6, 6.07) is 8.07. The first kappa shape index (κ1) is 19.9. The summed E-state index contributed by atoms with van der Waals surface area (Å²) < 4.78 is 0. The van der Waals surface area contributed by atoms with Gasteiger partial charge in [0, 0.05) is 43.7 Å². The van der Waals surface area contributed by atoms with Crippen LogP contribution in [0.15, 0.2) is 24.3 Å². The van der Waals surface area contributed by atoms with Crippen molar-refractivity contribution in [3.05, 3.63) is 29.8 Å². The Hall–Kier alpha value is -1.88. The molecule has 2 fully saturated rings. The number of piperazine rings is 1. The maximum Gasteiger partial charge on any atom is 0.227 e. The van der Waals surface area contributed by atoms with E-state index in [1.807, 2.05) is 17.0 Å². The van der Waals surface area contributed by atoms with Gasteiger partial charge in [-0.05, 0) is 56.3 Å². The van der Waals surface area contributed by atoms with Crippen LogP contribution < -0.4 is 5.32 Å². The zero-order valence-corrected chi connectivity index (χ0v) is 16.7. The van der Waals surface area contributed by atoms with Gasteiger partial charge in [-0.15, -0.1) is 0 Å². The Labute approximate surface area is 163 Å². The van der Waals surface area contributed by atoms with E-state index < -0.39 is 0 Å². The number of anilines is 1. The first-order chi connectivity index (χ1) is 13.1. The van der Waals surface area contributed by atoms with E-state index in [-0.39, 0.29) is 17.7 Å². The molecule has 1 saturated heterocycles. The first-order valence-electron chi connectivity index (χ1n) is 10.5. The van der Waals surface area contributed by atoms with Crippen LogP contribution in [0.1, 0.15) is 45.1 Å². The summed E-state index contributed by atoms with van der Waals surface area (Å²) in [5.41, 5.74) is 2.14. The zero-order chi connectivity index (χ0) is 19.2. The monoisotopic (exact) mass is 371 g/mol. The SMILES string of the molecule is CCc1ccc(NC(=O)C2CCC(C(=O)N3CCN(CC)CC3)CC2)cc1. The molecule has 2 aliphatic rings. The van der Waals surface area contributed by atoms with Crippen molar-refractivity contribution in [1.82, 2.24) is 9.80 Å². The van der Waals surface area contributed by atoms with Crippen LogP contribution in [0.25, 0.3) is 0 Å². The summed E-state index contributed by atoms with van der Waals surface area (Å²) in [5, 5.41) is 3.04. The largest absolute Gasteiger partial charge is 0.340 e. The van der Waals surface area contributed by atoms with Gasteiger partial charge >= 0.3 is 0 Å². The minimum Gasteiger partial charge on any atom is -0.340 e. The maximum atomic E-state index is 12.8. The van der Waals surface area contributed by atoms with E-state index in [0.717, 1.165) is 70.5 Å². The van der Waals surface area contributed by atoms with Crippen molar-refractivity contribution in [2.45, 2.75) is 46.0 Å². The summed E-state index contributed by atoms with van der Waals surface area (Å²) in [7, 11) is 0. The minimum absolute atomic E-state index is 0.0249. The molecule has 2 amide bonds. The number of amides is 2. The molecule has 0 bridgehead atoms. The molecule has 5 heteroatoms. The van der Waals surface area contributed by atoms with Crippen LogP contribution >= 0.6 is 0 Å². The average Bonchev–Trinajstić information content (AvgIpc) is 2.74. The summed E-state index contributed by atoms with van der Waals surface area (Å²) in [6.45, 7) is 9.01. The van der Waals surface area contributed by atoms with E-state index in [9.17, 15) is 9.59 Å². The van der Waals surface area contributed by atoms with E-state index in [4.69, 9.17) is 0 Å². The predicted octanol–water partition coefficient (Wildman–Crippen LogP) is 3.16. The number of nitrogens with zero attached hydrogens (tertiary/aromatic N) is 2. The van der Waals surface area contributed by atoms with Crippen LogP contribution in [0.4, 0.5) is 5.69 Å². The van der Waals surface area contributed by atoms with Crippen LogP contribution in [-0.4, -0.2) is 54.3 Å². The molecule has 0 aromatic heterocycles. The quantitative estimate of drug-likeness (QED) is 0.865. The number of aryl methyl sites for hydroxylation is 1. The summed E-state index contributed by atoms with van der Waals surface area (Å²) in [6.07, 6.45) is 4.29. The predicted molar refractivity (Wildman–Crippen MR) is 109 cm³/mol. The van der Waals surface area contributed by atoms with Crippen molar-refractivity contribution in [2.24, 2.45) is 11.8 Å². The van der Waals surface area contributed by atoms with Crippen LogP contribution in [0.5, 0.6) is 0 Å². The third kappa shape index (κ3) is 5.10. The Balaban J connectivity index is 1.45. The molecule has 3 rings (SSSR count). The fourth-order valence-electron chi connectivity index (χ4n) is 4.21. The molecular formula is C22H33N3O2. The Morgan fingerprint density at radius 1 is 0.926 bits per heavy atom. The van der Waals surface area contributed by atoms with Crippen molar-refractivity contribution < 1.29 is 9.59 Å². The second-order valence-electron chi connectivity index (χ2n) is 7.85. The molecule has 1 saturated carbocycles. The number of carbonyl (C=O) groups is 2. The van der Waals surface area contributed by atoms with Gasteiger partial charge in [-0.25, -0.2) is 0 Å². The zero-order valence-electron chi connectivity index (χ0n) is 16.7. The van der Waals surface area contributed by atoms with Crippen LogP contribution in [0, 0.1) is 11.8 Å². The van der Waals surface area contributed by atoms with Crippen molar-refractivity contribution in [3.63, 3.8) is 0 Å². The lowest BCUT2D eigenvalue weighted by molar-refractivity contribution is -0.139. The molecule has 0 unspecified atom stereocenters. The average molecular weight is 372 g/mol. The topological polar surface area (TPSA) is 52.7 Å². The van der Waals surface area contributed by atoms with E-state index in [1.54, 1.807) is 0 Å². The van der Waals surface area contributed by atoms with Crippen molar-refractivity contribution in [3.8, 4) is 0 Å². The Morgan fingerprint density at radius 2 is 1.52 bits per heavy atom. The molecule has 148 valence electrons. The molecule has 0 spiro atoms. The highest BCUT2D eigenvalue weighted by Gasteiger charge is 2.33. The molecule has 1 aliphatic carbocycles. The van der Waals surface area contributed by atoms with Gasteiger partial charge in [0.1, 0.15) is 0 Å². The van der Waals surface area contributed by atoms with Crippen molar-refractivity contribution in [2.75, 3.05) is 38.0 Å². The fourth-order valence-corrected chi connectivity index (χ4v) is 4.21. The molecule has 27 heavy (non-hydrogen) atoms. The van der Waals surface area contributed by atoms with Crippen molar-refractivity contribution >= 4 is 17.5 Å². The van der Waals surface area contributed by atoms with E-state index >= 15 is 0 Å². The summed E-state index contributed by atoms with van der Waals surface area (Å²) >= 11 is 0. The van der Waals surface area contributed by atoms with Crippen LogP contribution in [0.2, 0.25) is 0 Å². The molecule has 0 atom stereocenters. The van der Waals surface area contributed by atoms with Gasteiger partial charge in [-0.2, -0.15) is 0 Å². The minimum atomic E-state index is 0.0249. The standard InChI is InChI=1S/C22H33N3O2/c1-3-17-5-11-20(12-6-17)23-21(26)18-7-9-19(10-8-18)22(27)25-15-13-24(4-2)14-16-25/h5-6,11-12,18-19H,3-4,7-10,13-16H2,1-2H3,(H,23,26). The van der Waals surface area contributed by atoms with Crippen molar-refractivity contribution in [1.29, 1.82) is 0 Å². The Kier molecular flexibility index (Phi) is 6.89. The smallest absolute Gasteiger partial charge is 0.227 e. The number of hydrogen-bond acceptors (Lipinski definition) is 3. The molecule has 1 N–H and O–H groups in total. The van der Waals surface area contributed by atoms with Crippen LogP contribution in [-0.2, 0) is 16.0 Å². The molecular weight excluding hydrogens is 338 g/mol. The summed E-state index contributed by atoms with van der Waals surface area (Å²) in [4.78, 5) is 29.8. The molecule has 0 radical (unpaired) electrons. The third-order valence-electron chi connectivity index (χ3n) is 6.21. The number of rotatable bonds is 5. The van der Waals surface area contributed by atoms with Gasteiger partial charge < -0.3 is 15.1 Å². The lowest BCUT2D eigenvalue weighted by Crippen LogP contribution is -2.50. The molecule has 1 aliphatic heterocycles. The first-order valence-corrected chi connectivity index (χ1v) is 10.5. The van der Waals surface area contributed by atoms with Gasteiger partial charge in [0.25, 0.3) is 0 Å². The number of carbonyl (C=O) groups excluding carboxylic acids is 2. The summed E-state index contributed by atoms with van der Waals surface area (Å²) in [5.74, 6) is 0.532. The lowest BCUT2D eigenvalue weighted by atomic mass is 9.80. The van der Waals surface area contributed by atoms with Gasteiger partial charge in [0.15, 0.2) is 0 Å². The van der Waals surface area contributed by atoms with Gasteiger partial charge in [0.05, 0.1) is 0 Å². The second-order valence-corrected chi connectivity index (χ2v) is 7.85. The third-order valence-corrected chi connectivity index (χ3v) is 6.21. The highest BCUT2D eigenvalue weighted by molar-refractivity contribution is 5.92. The Bertz CT molecular complexity index is 627. The van der Waals surface area contributed by atoms with Gasteiger partial charge in [-0.1, -0.05) is 26.0 Å². The highest BCUT2D eigenvalue weighted by atomic mass is 16.2. The molecule has 1 aromatic carbocycles. The van der Waals surface area contributed by atoms with E-state index in [2.05, 4.69) is 36.2 Å². The molecule has 1 aromatic rings. The highest BCUT2D eigenvalue weighted by Crippen LogP contribution is 2.31. The van der Waals surface area contributed by atoms with Gasteiger partial charge in [-0.3, -0.25) is 9.59 Å². The second kappa shape index (κ2) is 9.36. The number of hydrogen-bond donors (Lipinski definition) is 1. The lowest BCUT2D eigenvalue weighted by Gasteiger charge is -2.37. The van der Waals surface area contributed by atoms with Crippen LogP contribution in [0.3, 0.4) is 0 Å². The van der Waals surface area contributed by atoms with E-state index in [0.29, 0.717) is 5.91 Å². The number of benzene rings is 1. The number of nitrogens with one attached hydrogen (secondary N) is 1. The van der Waals surface area contributed by atoms with E-state index in [1.165, 1.54) is 5.56 Å².